The van der Waals surface area contributed by atoms with Gasteiger partial charge in [-0.05, 0) is 6.42 Å². The Bertz CT molecular complexity index is 723. The van der Waals surface area contributed by atoms with E-state index >= 15 is 0 Å². The number of para-hydroxylation sites is 1. The maximum Gasteiger partial charge on any atom is 0.235 e. The molecule has 2 heterocycles. The molecule has 5 nitrogen and oxygen atoms in total. The van der Waals surface area contributed by atoms with Gasteiger partial charge in [-0.3, -0.25) is 19.6 Å². The molecule has 1 aliphatic rings. The Labute approximate surface area is 123 Å². The average Bonchev–Trinajstić information content (AvgIpc) is 2.78. The maximum absolute atomic E-state index is 12.1. The van der Waals surface area contributed by atoms with E-state index in [-0.39, 0.29) is 17.7 Å². The minimum Gasteiger partial charge on any atom is -0.296 e. The molecule has 0 saturated carbocycles. The van der Waals surface area contributed by atoms with E-state index in [1.165, 1.54) is 0 Å². The van der Waals surface area contributed by atoms with Gasteiger partial charge in [0.05, 0.1) is 17.1 Å². The number of amides is 2. The highest BCUT2D eigenvalue weighted by atomic mass is 16.2. The van der Waals surface area contributed by atoms with Crippen LogP contribution in [0.3, 0.4) is 0 Å². The van der Waals surface area contributed by atoms with Crippen LogP contribution >= 0.6 is 0 Å². The molecule has 6 heteroatoms. The number of benzene rings is 1. The predicted molar refractivity (Wildman–Crippen MR) is 81.7 cm³/mol. The van der Waals surface area contributed by atoms with Crippen molar-refractivity contribution in [2.24, 2.45) is 7.05 Å². The summed E-state index contributed by atoms with van der Waals surface area (Å²) < 4.78 is 1.83. The van der Waals surface area contributed by atoms with E-state index < -0.39 is 0 Å². The highest BCUT2D eigenvalue weighted by Crippen LogP contribution is 2.29. The summed E-state index contributed by atoms with van der Waals surface area (Å²) in [5.41, 5.74) is 2.94. The van der Waals surface area contributed by atoms with Crippen LogP contribution in [0.4, 0.5) is 0 Å². The molecule has 1 aliphatic heterocycles. The molecule has 0 spiro atoms. The molecule has 1 aromatic carbocycles. The third-order valence-electron chi connectivity index (χ3n) is 3.92. The lowest BCUT2D eigenvalue weighted by Crippen LogP contribution is -2.39. The van der Waals surface area contributed by atoms with Gasteiger partial charge in [0.2, 0.25) is 11.8 Å². The fraction of sp³-hybridized carbons (Fsp3) is 0.400. The lowest BCUT2D eigenvalue weighted by molar-refractivity contribution is -0.134. The average molecular weight is 282 g/mol. The van der Waals surface area contributed by atoms with Gasteiger partial charge in [0, 0.05) is 18.9 Å². The Morgan fingerprint density at radius 2 is 2.24 bits per heavy atom. The van der Waals surface area contributed by atoms with E-state index in [0.29, 0.717) is 12.8 Å². The molecule has 1 aromatic heterocycles. The lowest BCUT2D eigenvalue weighted by Gasteiger charge is -2.19. The van der Waals surface area contributed by atoms with Gasteiger partial charge in [-0.25, -0.2) is 0 Å². The topological polar surface area (TPSA) is 64.0 Å². The number of rotatable bonds is 3. The molecule has 1 unspecified atom stereocenters. The number of nitrogens with zero attached hydrogens (tertiary/aromatic N) is 2. The number of nitrogens with one attached hydrogen (secondary N) is 1. The van der Waals surface area contributed by atoms with Crippen LogP contribution in [-0.4, -0.2) is 28.9 Å². The maximum atomic E-state index is 12.1. The molecule has 1 saturated heterocycles. The predicted octanol–water partition coefficient (Wildman–Crippen LogP) is 0.861. The third-order valence-corrected chi connectivity index (χ3v) is 3.92. The Hall–Kier alpha value is -2.11. The number of fused-ring (bicyclic) bond motifs is 1. The number of piperidine rings is 1. The van der Waals surface area contributed by atoms with Crippen LogP contribution in [0.5, 0.6) is 0 Å². The van der Waals surface area contributed by atoms with E-state index in [1.54, 1.807) is 0 Å². The molecule has 1 atom stereocenters. The van der Waals surface area contributed by atoms with Crippen molar-refractivity contribution in [1.82, 2.24) is 15.1 Å². The smallest absolute Gasteiger partial charge is 0.235 e. The van der Waals surface area contributed by atoms with Gasteiger partial charge >= 0.3 is 0 Å². The summed E-state index contributed by atoms with van der Waals surface area (Å²) in [5.74, 6) is -0.782. The van der Waals surface area contributed by atoms with E-state index in [9.17, 15) is 9.59 Å². The van der Waals surface area contributed by atoms with Gasteiger partial charge in [-0.1, -0.05) is 36.9 Å². The summed E-state index contributed by atoms with van der Waals surface area (Å²) in [5, 5.41) is 7.96. The molecule has 107 valence electrons. The molecule has 3 rings (SSSR count). The molecule has 0 bridgehead atoms. The second-order valence-corrected chi connectivity index (χ2v) is 5.37. The second kappa shape index (κ2) is 5.35. The zero-order valence-electron chi connectivity index (χ0n) is 12.2. The minimum absolute atomic E-state index is 0.198. The van der Waals surface area contributed by atoms with Crippen LogP contribution in [0, 0.1) is 0 Å². The van der Waals surface area contributed by atoms with Gasteiger partial charge in [-0.15, -0.1) is 0 Å². The van der Waals surface area contributed by atoms with Crippen molar-refractivity contribution in [1.29, 1.82) is 0 Å². The first kappa shape index (κ1) is 13.9. The van der Waals surface area contributed by atoms with Crippen LogP contribution in [0.2, 0.25) is 6.32 Å². The van der Waals surface area contributed by atoms with Gasteiger partial charge in [0.15, 0.2) is 7.28 Å². The normalized spacial score (nSPS) is 18.9. The van der Waals surface area contributed by atoms with Crippen molar-refractivity contribution in [2.75, 3.05) is 0 Å². The van der Waals surface area contributed by atoms with Gasteiger partial charge in [-0.2, -0.15) is 5.10 Å². The first-order valence-corrected chi connectivity index (χ1v) is 7.24. The van der Waals surface area contributed by atoms with E-state index in [2.05, 4.69) is 30.7 Å². The monoisotopic (exact) mass is 282 g/mol. The molecule has 2 amide bonds. The van der Waals surface area contributed by atoms with Crippen molar-refractivity contribution < 1.29 is 9.59 Å². The molecular weight excluding hydrogens is 265 g/mol. The van der Waals surface area contributed by atoms with Crippen LogP contribution in [-0.2, 0) is 16.6 Å². The van der Waals surface area contributed by atoms with E-state index in [4.69, 9.17) is 0 Å². The van der Waals surface area contributed by atoms with Gasteiger partial charge < -0.3 is 0 Å². The number of imide groups is 1. The minimum atomic E-state index is -0.344. The van der Waals surface area contributed by atoms with Crippen molar-refractivity contribution >= 4 is 35.5 Å². The van der Waals surface area contributed by atoms with Crippen LogP contribution < -0.4 is 10.8 Å². The third kappa shape index (κ3) is 2.35. The summed E-state index contributed by atoms with van der Waals surface area (Å²) in [7, 11) is 4.04. The van der Waals surface area contributed by atoms with Crippen molar-refractivity contribution in [3.63, 3.8) is 0 Å². The first-order chi connectivity index (χ1) is 10.1. The zero-order valence-corrected chi connectivity index (χ0v) is 12.2. The van der Waals surface area contributed by atoms with Crippen molar-refractivity contribution in [3.05, 3.63) is 23.9 Å². The van der Waals surface area contributed by atoms with Gasteiger partial charge in [0.25, 0.3) is 0 Å². The first-order valence-electron chi connectivity index (χ1n) is 7.24. The SMILES string of the molecule is CC[B]c1cccc2c(C3CCC(=O)NC3=O)nn(C)c12. The Kier molecular flexibility index (Phi) is 3.53. The molecule has 21 heavy (non-hydrogen) atoms. The van der Waals surface area contributed by atoms with Crippen molar-refractivity contribution in [2.45, 2.75) is 32.0 Å². The molecular formula is C15H17BN3O2. The number of aryl methyl sites for hydroxylation is 1. The zero-order chi connectivity index (χ0) is 15.0. The van der Waals surface area contributed by atoms with Crippen LogP contribution in [0.1, 0.15) is 31.4 Å². The Morgan fingerprint density at radius 1 is 1.43 bits per heavy atom. The highest BCUT2D eigenvalue weighted by molar-refractivity contribution is 6.56. The number of hydrogen-bond donors (Lipinski definition) is 1. The lowest BCUT2D eigenvalue weighted by atomic mass is 9.67. The molecule has 1 radical (unpaired) electrons. The molecule has 1 fully saturated rings. The number of hydrogen-bond acceptors (Lipinski definition) is 3. The summed E-state index contributed by atoms with van der Waals surface area (Å²) >= 11 is 0. The molecule has 1 N–H and O–H groups in total. The molecule has 2 aromatic rings. The fourth-order valence-corrected chi connectivity index (χ4v) is 2.99. The Balaban J connectivity index is 2.10. The Morgan fingerprint density at radius 3 is 2.95 bits per heavy atom. The highest BCUT2D eigenvalue weighted by Gasteiger charge is 2.31. The number of aromatic nitrogens is 2. The number of carbonyl (C=O) groups is 2. The number of carbonyl (C=O) groups excluding carboxylic acids is 2. The van der Waals surface area contributed by atoms with E-state index in [0.717, 1.165) is 28.4 Å². The summed E-state index contributed by atoms with van der Waals surface area (Å²) in [4.78, 5) is 23.4. The van der Waals surface area contributed by atoms with E-state index in [1.807, 2.05) is 23.9 Å². The summed E-state index contributed by atoms with van der Waals surface area (Å²) in [6, 6.07) is 6.04. The van der Waals surface area contributed by atoms with Crippen molar-refractivity contribution in [3.8, 4) is 0 Å². The summed E-state index contributed by atoms with van der Waals surface area (Å²) in [6.45, 7) is 2.09. The van der Waals surface area contributed by atoms with Gasteiger partial charge in [0.1, 0.15) is 0 Å². The molecule has 0 aliphatic carbocycles. The quantitative estimate of drug-likeness (QED) is 0.671. The summed E-state index contributed by atoms with van der Waals surface area (Å²) in [6.07, 6.45) is 1.84. The fourth-order valence-electron chi connectivity index (χ4n) is 2.99. The standard InChI is InChI=1S/C15H17BN3O2/c1-3-16-11-6-4-5-9-13(18-19(2)14(9)11)10-7-8-12(20)17-15(10)21/h4-6,10H,3,7-8H2,1-2H3,(H,17,20,21). The largest absolute Gasteiger partial charge is 0.296 e. The second-order valence-electron chi connectivity index (χ2n) is 5.37. The van der Waals surface area contributed by atoms with Crippen LogP contribution in [0.15, 0.2) is 18.2 Å². The van der Waals surface area contributed by atoms with Crippen LogP contribution in [0.25, 0.3) is 10.9 Å².